The fourth-order valence-electron chi connectivity index (χ4n) is 6.22. The van der Waals surface area contributed by atoms with Crippen LogP contribution in [0.4, 0.5) is 10.1 Å². The maximum Gasteiger partial charge on any atom is 0.286 e. The lowest BCUT2D eigenvalue weighted by atomic mass is 9.73. The topological polar surface area (TPSA) is 95.9 Å². The zero-order chi connectivity index (χ0) is 22.9. The normalized spacial score (nSPS) is 31.6. The monoisotopic (exact) mass is 467 g/mol. The van der Waals surface area contributed by atoms with Crippen LogP contribution >= 0.6 is 0 Å². The van der Waals surface area contributed by atoms with E-state index in [1.54, 1.807) is 35.2 Å². The molecule has 2 aliphatic carbocycles. The van der Waals surface area contributed by atoms with Gasteiger partial charge in [-0.2, -0.15) is 8.42 Å². The highest BCUT2D eigenvalue weighted by Crippen LogP contribution is 2.54. The number of ketones is 1. The fourth-order valence-corrected chi connectivity index (χ4v) is 7.37. The molecule has 170 valence electrons. The molecule has 1 saturated heterocycles. The van der Waals surface area contributed by atoms with E-state index in [0.717, 1.165) is 24.8 Å². The Morgan fingerprint density at radius 2 is 1.76 bits per heavy atom. The Balaban J connectivity index is 1.41. The number of Topliss-reactive ketones (excluding diaryl/α,β-unsaturated/α-hetero) is 1. The van der Waals surface area contributed by atoms with Crippen LogP contribution in [0.5, 0.6) is 0 Å². The molecule has 4 aliphatic rings. The summed E-state index contributed by atoms with van der Waals surface area (Å²) in [5.74, 6) is -2.38. The summed E-state index contributed by atoms with van der Waals surface area (Å²) in [6.07, 6.45) is 2.80. The molecule has 1 amide bonds. The van der Waals surface area contributed by atoms with Crippen LogP contribution in [0, 0.1) is 29.5 Å². The molecule has 3 unspecified atom stereocenters. The van der Waals surface area contributed by atoms with Gasteiger partial charge in [-0.15, -0.1) is 4.40 Å². The predicted molar refractivity (Wildman–Crippen MR) is 118 cm³/mol. The summed E-state index contributed by atoms with van der Waals surface area (Å²) in [6.45, 7) is 0.240. The van der Waals surface area contributed by atoms with Gasteiger partial charge in [0.25, 0.3) is 10.0 Å². The van der Waals surface area contributed by atoms with Gasteiger partial charge in [-0.25, -0.2) is 4.39 Å². The van der Waals surface area contributed by atoms with Crippen molar-refractivity contribution in [3.05, 3.63) is 59.9 Å². The molecule has 6 rings (SSSR count). The second kappa shape index (κ2) is 7.21. The van der Waals surface area contributed by atoms with Gasteiger partial charge in [-0.05, 0) is 60.9 Å². The highest BCUT2D eigenvalue weighted by Gasteiger charge is 2.60. The van der Waals surface area contributed by atoms with E-state index in [-0.39, 0.29) is 52.7 Å². The lowest BCUT2D eigenvalue weighted by Gasteiger charge is -2.45. The SMILES string of the molecule is O=C1C(C2=NS(=O)(=O)c3ccccc3N2)C(=O)N(Cc2ccc(F)cc2)C2C1[C@H]1CC[C@@H]2C1. The van der Waals surface area contributed by atoms with E-state index in [2.05, 4.69) is 9.71 Å². The van der Waals surface area contributed by atoms with Gasteiger partial charge in [-0.3, -0.25) is 9.59 Å². The molecule has 2 aromatic carbocycles. The summed E-state index contributed by atoms with van der Waals surface area (Å²) in [5, 5.41) is 2.95. The number of nitrogens with one attached hydrogen (secondary N) is 1. The molecule has 0 spiro atoms. The molecule has 1 N–H and O–H groups in total. The number of benzene rings is 2. The number of anilines is 1. The third kappa shape index (κ3) is 3.13. The Bertz CT molecular complexity index is 1310. The zero-order valence-corrected chi connectivity index (χ0v) is 18.5. The zero-order valence-electron chi connectivity index (χ0n) is 17.6. The molecule has 2 bridgehead atoms. The van der Waals surface area contributed by atoms with E-state index in [0.29, 0.717) is 5.69 Å². The van der Waals surface area contributed by atoms with Gasteiger partial charge < -0.3 is 10.2 Å². The number of para-hydroxylation sites is 1. The van der Waals surface area contributed by atoms with E-state index < -0.39 is 21.8 Å². The van der Waals surface area contributed by atoms with E-state index in [9.17, 15) is 22.4 Å². The Labute approximate surface area is 190 Å². The van der Waals surface area contributed by atoms with Crippen LogP contribution in [-0.4, -0.2) is 36.9 Å². The number of carbonyl (C=O) groups is 2. The summed E-state index contributed by atoms with van der Waals surface area (Å²) in [5.41, 5.74) is 1.07. The van der Waals surface area contributed by atoms with Crippen molar-refractivity contribution in [2.45, 2.75) is 36.7 Å². The fraction of sp³-hybridized carbons (Fsp3) is 0.375. The average Bonchev–Trinajstić information content (AvgIpc) is 3.40. The number of amidine groups is 1. The summed E-state index contributed by atoms with van der Waals surface area (Å²) in [6, 6.07) is 12.1. The Kier molecular flexibility index (Phi) is 4.49. The molecule has 0 radical (unpaired) electrons. The lowest BCUT2D eigenvalue weighted by Crippen LogP contribution is -2.61. The third-order valence-electron chi connectivity index (χ3n) is 7.56. The van der Waals surface area contributed by atoms with Crippen molar-refractivity contribution in [2.75, 3.05) is 5.32 Å². The largest absolute Gasteiger partial charge is 0.341 e. The predicted octanol–water partition coefficient (Wildman–Crippen LogP) is 2.98. The molecule has 2 saturated carbocycles. The van der Waals surface area contributed by atoms with Crippen LogP contribution in [0.2, 0.25) is 0 Å². The quantitative estimate of drug-likeness (QED) is 0.701. The minimum atomic E-state index is -4.04. The first kappa shape index (κ1) is 20.5. The van der Waals surface area contributed by atoms with Crippen LogP contribution in [0.25, 0.3) is 0 Å². The molecule has 33 heavy (non-hydrogen) atoms. The van der Waals surface area contributed by atoms with Crippen LogP contribution in [-0.2, 0) is 26.2 Å². The van der Waals surface area contributed by atoms with Crippen molar-refractivity contribution in [2.24, 2.45) is 28.1 Å². The molecular formula is C24H22FN3O4S. The van der Waals surface area contributed by atoms with Gasteiger partial charge in [0.15, 0.2) is 11.7 Å². The highest BCUT2D eigenvalue weighted by molar-refractivity contribution is 7.90. The molecule has 3 fully saturated rings. The van der Waals surface area contributed by atoms with Crippen molar-refractivity contribution in [1.82, 2.24) is 4.90 Å². The number of fused-ring (bicyclic) bond motifs is 6. The first-order valence-electron chi connectivity index (χ1n) is 11.1. The molecule has 0 aromatic heterocycles. The van der Waals surface area contributed by atoms with Crippen molar-refractivity contribution in [1.29, 1.82) is 0 Å². The highest BCUT2D eigenvalue weighted by atomic mass is 32.2. The van der Waals surface area contributed by atoms with Crippen LogP contribution < -0.4 is 5.32 Å². The number of piperidine rings is 1. The molecule has 9 heteroatoms. The molecular weight excluding hydrogens is 445 g/mol. The number of nitrogens with zero attached hydrogens (tertiary/aromatic N) is 2. The van der Waals surface area contributed by atoms with Crippen molar-refractivity contribution < 1.29 is 22.4 Å². The van der Waals surface area contributed by atoms with E-state index >= 15 is 0 Å². The Morgan fingerprint density at radius 3 is 2.55 bits per heavy atom. The maximum atomic E-state index is 13.8. The van der Waals surface area contributed by atoms with Crippen molar-refractivity contribution in [3.63, 3.8) is 0 Å². The number of hydrogen-bond acceptors (Lipinski definition) is 5. The maximum absolute atomic E-state index is 13.8. The Morgan fingerprint density at radius 1 is 1.03 bits per heavy atom. The van der Waals surface area contributed by atoms with Crippen LogP contribution in [0.3, 0.4) is 0 Å². The minimum absolute atomic E-state index is 0.0189. The summed E-state index contributed by atoms with van der Waals surface area (Å²) in [7, 11) is -4.04. The average molecular weight is 468 g/mol. The molecule has 7 nitrogen and oxygen atoms in total. The summed E-state index contributed by atoms with van der Waals surface area (Å²) in [4.78, 5) is 29.2. The van der Waals surface area contributed by atoms with Crippen molar-refractivity contribution in [3.8, 4) is 0 Å². The van der Waals surface area contributed by atoms with Gasteiger partial charge in [0.05, 0.1) is 5.69 Å². The molecule has 2 aromatic rings. The number of halogens is 1. The molecule has 2 aliphatic heterocycles. The van der Waals surface area contributed by atoms with Crippen molar-refractivity contribution >= 4 is 33.2 Å². The second-order valence-electron chi connectivity index (χ2n) is 9.35. The number of amides is 1. The van der Waals surface area contributed by atoms with Crippen LogP contribution in [0.15, 0.2) is 57.8 Å². The van der Waals surface area contributed by atoms with Gasteiger partial charge in [0, 0.05) is 18.5 Å². The Hall–Kier alpha value is -3.07. The van der Waals surface area contributed by atoms with E-state index in [1.807, 2.05) is 0 Å². The molecule has 5 atom stereocenters. The number of sulfonamides is 1. The summed E-state index contributed by atoms with van der Waals surface area (Å²) < 4.78 is 42.9. The smallest absolute Gasteiger partial charge is 0.286 e. The summed E-state index contributed by atoms with van der Waals surface area (Å²) >= 11 is 0. The number of likely N-dealkylation sites (tertiary alicyclic amines) is 1. The van der Waals surface area contributed by atoms with Gasteiger partial charge in [0.2, 0.25) is 5.91 Å². The van der Waals surface area contributed by atoms with Gasteiger partial charge in [0.1, 0.15) is 16.5 Å². The number of hydrogen-bond donors (Lipinski definition) is 1. The standard InChI is InChI=1S/C24H22FN3O4S/c25-16-9-5-13(6-10-16)12-28-21-15-8-7-14(11-15)19(21)22(29)20(24(28)30)23-26-17-3-1-2-4-18(17)33(31,32)27-23/h1-6,9-10,14-15,19-21H,7-8,11-12H2,(H,26,27)/t14-,15+,19?,20?,21?/m0/s1. The van der Waals surface area contributed by atoms with Crippen LogP contribution in [0.1, 0.15) is 24.8 Å². The molecule has 2 heterocycles. The third-order valence-corrected chi connectivity index (χ3v) is 8.91. The van der Waals surface area contributed by atoms with Gasteiger partial charge >= 0.3 is 0 Å². The van der Waals surface area contributed by atoms with E-state index in [1.165, 1.54) is 18.2 Å². The first-order chi connectivity index (χ1) is 15.8. The number of carbonyl (C=O) groups excluding carboxylic acids is 2. The first-order valence-corrected chi connectivity index (χ1v) is 12.6. The lowest BCUT2D eigenvalue weighted by molar-refractivity contribution is -0.153. The number of rotatable bonds is 3. The second-order valence-corrected chi connectivity index (χ2v) is 10.9. The van der Waals surface area contributed by atoms with E-state index in [4.69, 9.17) is 0 Å². The van der Waals surface area contributed by atoms with Gasteiger partial charge in [-0.1, -0.05) is 24.3 Å². The minimum Gasteiger partial charge on any atom is -0.341 e.